The van der Waals surface area contributed by atoms with E-state index in [9.17, 15) is 19.0 Å². The number of unbranched alkanes of at least 4 members (excludes halogenated alkanes) is 28. The molecule has 432 valence electrons. The smallest absolute Gasteiger partial charge is 0.462 e. The molecule has 0 saturated heterocycles. The van der Waals surface area contributed by atoms with Crippen molar-refractivity contribution in [3.05, 3.63) is 97.2 Å². The lowest BCUT2D eigenvalue weighted by molar-refractivity contribution is -0.161. The van der Waals surface area contributed by atoms with E-state index in [-0.39, 0.29) is 38.6 Å². The van der Waals surface area contributed by atoms with Gasteiger partial charge in [-0.25, -0.2) is 4.57 Å². The fourth-order valence-electron chi connectivity index (χ4n) is 8.44. The number of phosphoric acid groups is 1. The van der Waals surface area contributed by atoms with Crippen molar-refractivity contribution in [1.82, 2.24) is 0 Å². The Balaban J connectivity index is 3.97. The normalized spacial score (nSPS) is 13.7. The van der Waals surface area contributed by atoms with Gasteiger partial charge in [-0.3, -0.25) is 18.6 Å². The van der Waals surface area contributed by atoms with Crippen LogP contribution in [-0.4, -0.2) is 49.3 Å². The zero-order valence-corrected chi connectivity index (χ0v) is 49.2. The molecule has 2 atom stereocenters. The number of ether oxygens (including phenoxy) is 2. The number of hydrogen-bond acceptors (Lipinski definition) is 8. The summed E-state index contributed by atoms with van der Waals surface area (Å²) in [7, 11) is -4.40. The largest absolute Gasteiger partial charge is 0.472 e. The minimum atomic E-state index is -4.40. The molecule has 0 amide bonds. The minimum Gasteiger partial charge on any atom is -0.462 e. The molecule has 0 aromatic rings. The standard InChI is InChI=1S/C65H114NO8P/c1-3-5-7-9-11-13-15-17-19-21-23-25-27-28-29-30-31-32-33-34-36-38-40-42-44-46-48-50-52-54-56-58-65(68)74-63(62-73-75(69,70)72-60-59-66)61-71-64(67)57-55-53-51-49-47-45-43-41-39-37-35-26-24-22-20-18-16-14-12-10-8-6-4-2/h5,7,11,13,16-19,22-25,28-29,31-32,63H,3-4,6,8-10,12,14-15,20-21,26-27,30,33-62,66H2,1-2H3,(H,69,70)/b7-5-,13-11-,18-16-,19-17-,24-22-,25-23-,29-28-,32-31-. The second kappa shape index (κ2) is 60.2. The lowest BCUT2D eigenvalue weighted by Gasteiger charge is -2.19. The van der Waals surface area contributed by atoms with Crippen LogP contribution in [0.15, 0.2) is 97.2 Å². The second-order valence-corrected chi connectivity index (χ2v) is 21.6. The highest BCUT2D eigenvalue weighted by atomic mass is 31.2. The van der Waals surface area contributed by atoms with Gasteiger partial charge in [-0.05, 0) is 96.3 Å². The lowest BCUT2D eigenvalue weighted by Crippen LogP contribution is -2.29. The van der Waals surface area contributed by atoms with Gasteiger partial charge in [-0.1, -0.05) is 259 Å². The molecule has 10 heteroatoms. The van der Waals surface area contributed by atoms with E-state index in [1.54, 1.807) is 0 Å². The fourth-order valence-corrected chi connectivity index (χ4v) is 9.20. The fraction of sp³-hybridized carbons (Fsp3) is 0.723. The molecule has 9 nitrogen and oxygen atoms in total. The van der Waals surface area contributed by atoms with Gasteiger partial charge >= 0.3 is 19.8 Å². The zero-order valence-electron chi connectivity index (χ0n) is 48.3. The molecule has 0 rings (SSSR count). The molecule has 0 aromatic heterocycles. The molecule has 0 aliphatic rings. The summed E-state index contributed by atoms with van der Waals surface area (Å²) in [5, 5.41) is 0. The molecule has 75 heavy (non-hydrogen) atoms. The third kappa shape index (κ3) is 60.0. The first-order chi connectivity index (χ1) is 36.8. The van der Waals surface area contributed by atoms with E-state index in [1.165, 1.54) is 154 Å². The van der Waals surface area contributed by atoms with Gasteiger partial charge in [0.05, 0.1) is 13.2 Å². The van der Waals surface area contributed by atoms with Crippen molar-refractivity contribution in [2.75, 3.05) is 26.4 Å². The van der Waals surface area contributed by atoms with E-state index in [1.807, 2.05) is 0 Å². The molecule has 0 saturated carbocycles. The monoisotopic (exact) mass is 1070 g/mol. The number of phosphoric ester groups is 1. The topological polar surface area (TPSA) is 134 Å². The quantitative estimate of drug-likeness (QED) is 0.0264. The number of rotatable bonds is 57. The summed E-state index contributed by atoms with van der Waals surface area (Å²) < 4.78 is 33.1. The van der Waals surface area contributed by atoms with Gasteiger partial charge in [0.1, 0.15) is 6.61 Å². The van der Waals surface area contributed by atoms with Crippen LogP contribution in [0.4, 0.5) is 0 Å². The maximum Gasteiger partial charge on any atom is 0.472 e. The first-order valence-corrected chi connectivity index (χ1v) is 32.2. The van der Waals surface area contributed by atoms with Crippen molar-refractivity contribution in [2.45, 2.75) is 277 Å². The third-order valence-corrected chi connectivity index (χ3v) is 13.9. The van der Waals surface area contributed by atoms with E-state index in [2.05, 4.69) is 111 Å². The maximum absolute atomic E-state index is 12.7. The minimum absolute atomic E-state index is 0.0494. The number of carbonyl (C=O) groups is 2. The van der Waals surface area contributed by atoms with E-state index in [0.29, 0.717) is 6.42 Å². The summed E-state index contributed by atoms with van der Waals surface area (Å²) in [6.45, 7) is 3.63. The van der Waals surface area contributed by atoms with Crippen LogP contribution in [-0.2, 0) is 32.7 Å². The first-order valence-electron chi connectivity index (χ1n) is 30.7. The Kier molecular flexibility index (Phi) is 57.7. The molecule has 0 radical (unpaired) electrons. The highest BCUT2D eigenvalue weighted by molar-refractivity contribution is 7.47. The predicted molar refractivity (Wildman–Crippen MR) is 321 cm³/mol. The highest BCUT2D eigenvalue weighted by Gasteiger charge is 2.26. The molecule has 0 aromatic carbocycles. The molecule has 0 aliphatic carbocycles. The first kappa shape index (κ1) is 71.9. The number of carbonyl (C=O) groups excluding carboxylic acids is 2. The van der Waals surface area contributed by atoms with Crippen molar-refractivity contribution >= 4 is 19.8 Å². The number of nitrogens with two attached hydrogens (primary N) is 1. The van der Waals surface area contributed by atoms with Gasteiger partial charge in [0.15, 0.2) is 6.10 Å². The van der Waals surface area contributed by atoms with Crippen molar-refractivity contribution in [3.63, 3.8) is 0 Å². The summed E-state index contributed by atoms with van der Waals surface area (Å²) in [5.41, 5.74) is 5.39. The highest BCUT2D eigenvalue weighted by Crippen LogP contribution is 2.43. The van der Waals surface area contributed by atoms with Gasteiger partial charge in [-0.2, -0.15) is 0 Å². The maximum atomic E-state index is 12.7. The van der Waals surface area contributed by atoms with Gasteiger partial charge in [0, 0.05) is 19.4 Å². The Morgan fingerprint density at radius 3 is 1.09 bits per heavy atom. The molecular formula is C65H114NO8P. The molecule has 0 heterocycles. The summed E-state index contributed by atoms with van der Waals surface area (Å²) >= 11 is 0. The second-order valence-electron chi connectivity index (χ2n) is 20.2. The van der Waals surface area contributed by atoms with E-state index in [4.69, 9.17) is 24.3 Å². The third-order valence-electron chi connectivity index (χ3n) is 13.0. The lowest BCUT2D eigenvalue weighted by atomic mass is 10.0. The van der Waals surface area contributed by atoms with Crippen molar-refractivity contribution in [2.24, 2.45) is 5.73 Å². The number of esters is 2. The van der Waals surface area contributed by atoms with Gasteiger partial charge < -0.3 is 20.1 Å². The average molecular weight is 1070 g/mol. The Morgan fingerprint density at radius 2 is 0.733 bits per heavy atom. The van der Waals surface area contributed by atoms with Crippen LogP contribution in [0.1, 0.15) is 271 Å². The predicted octanol–water partition coefficient (Wildman–Crippen LogP) is 19.6. The van der Waals surface area contributed by atoms with Gasteiger partial charge in [-0.15, -0.1) is 0 Å². The van der Waals surface area contributed by atoms with E-state index in [0.717, 1.165) is 83.5 Å². The van der Waals surface area contributed by atoms with Crippen LogP contribution in [0.5, 0.6) is 0 Å². The molecule has 0 aliphatic heterocycles. The van der Waals surface area contributed by atoms with E-state index < -0.39 is 26.5 Å². The van der Waals surface area contributed by atoms with Gasteiger partial charge in [0.2, 0.25) is 0 Å². The molecule has 3 N–H and O–H groups in total. The molecule has 0 spiro atoms. The summed E-state index contributed by atoms with van der Waals surface area (Å²) in [6, 6.07) is 0. The van der Waals surface area contributed by atoms with Crippen LogP contribution in [0, 0.1) is 0 Å². The Labute approximate surface area is 461 Å². The Morgan fingerprint density at radius 1 is 0.413 bits per heavy atom. The Bertz CT molecular complexity index is 1550. The van der Waals surface area contributed by atoms with Crippen LogP contribution >= 0.6 is 7.82 Å². The van der Waals surface area contributed by atoms with Crippen molar-refractivity contribution in [1.29, 1.82) is 0 Å². The van der Waals surface area contributed by atoms with Crippen molar-refractivity contribution < 1.29 is 37.6 Å². The summed E-state index contributed by atoms with van der Waals surface area (Å²) in [6.07, 6.45) is 80.3. The Hall–Kier alpha value is -3.07. The molecule has 0 bridgehead atoms. The summed E-state index contributed by atoms with van der Waals surface area (Å²) in [4.78, 5) is 35.3. The SMILES string of the molecule is CC/C=C\C/C=C\C/C=C\C/C=C\C/C=C\C/C=C\CCCCCCCCCCCCCCC(=O)OC(COC(=O)CCCCCCCCCCCCC/C=C\C/C=C\CCCCCCC)COP(=O)(O)OCCN. The molecule has 2 unspecified atom stereocenters. The number of allylic oxidation sites excluding steroid dienone is 16. The average Bonchev–Trinajstić information content (AvgIpc) is 3.40. The number of hydrogen-bond donors (Lipinski definition) is 2. The van der Waals surface area contributed by atoms with Crippen molar-refractivity contribution in [3.8, 4) is 0 Å². The zero-order chi connectivity index (χ0) is 54.5. The van der Waals surface area contributed by atoms with E-state index >= 15 is 0 Å². The molecular weight excluding hydrogens is 954 g/mol. The van der Waals surface area contributed by atoms with Crippen LogP contribution < -0.4 is 5.73 Å². The van der Waals surface area contributed by atoms with Crippen LogP contribution in [0.25, 0.3) is 0 Å². The van der Waals surface area contributed by atoms with Gasteiger partial charge in [0.25, 0.3) is 0 Å². The molecule has 0 fully saturated rings. The van der Waals surface area contributed by atoms with Crippen LogP contribution in [0.3, 0.4) is 0 Å². The summed E-state index contributed by atoms with van der Waals surface area (Å²) in [5.74, 6) is -0.830. The van der Waals surface area contributed by atoms with Crippen LogP contribution in [0.2, 0.25) is 0 Å².